The molecule has 0 radical (unpaired) electrons. The Labute approximate surface area is 198 Å². The van der Waals surface area contributed by atoms with Crippen LogP contribution in [0.3, 0.4) is 0 Å². The monoisotopic (exact) mass is 495 g/mol. The Morgan fingerprint density at radius 1 is 0.971 bits per heavy atom. The number of carbonyl (C=O) groups excluding carboxylic acids is 1. The molecule has 1 amide bonds. The van der Waals surface area contributed by atoms with E-state index in [4.69, 9.17) is 9.15 Å². The molecule has 1 heterocycles. The Hall–Kier alpha value is -4.62. The molecule has 0 aliphatic heterocycles. The molecule has 0 bridgehead atoms. The van der Waals surface area contributed by atoms with Crippen LogP contribution in [-0.2, 0) is 10.0 Å². The van der Waals surface area contributed by atoms with Gasteiger partial charge >= 0.3 is 0 Å². The molecule has 2 N–H and O–H groups in total. The van der Waals surface area contributed by atoms with E-state index in [9.17, 15) is 23.3 Å². The predicted octanol–water partition coefficient (Wildman–Crippen LogP) is 2.94. The van der Waals surface area contributed by atoms with E-state index >= 15 is 0 Å². The second kappa shape index (κ2) is 9.70. The number of hydrogen-bond donors (Lipinski definition) is 2. The summed E-state index contributed by atoms with van der Waals surface area (Å²) in [5.74, 6) is 0.246. The van der Waals surface area contributed by atoms with Gasteiger partial charge in [0, 0.05) is 17.2 Å². The van der Waals surface area contributed by atoms with Crippen LogP contribution in [0.4, 0.5) is 5.69 Å². The number of nitro groups is 1. The Balaban J connectivity index is 1.47. The summed E-state index contributed by atoms with van der Waals surface area (Å²) >= 11 is 0. The number of methoxy groups -OCH3 is 1. The topological polar surface area (TPSA) is 167 Å². The SMILES string of the molecule is COc1ccccc1-c1nnc(-c2ccc(C(=O)NNS(=O)(=O)c3ccccc3[N+](=O)[O-])cc2)o1. The molecular weight excluding hydrogens is 478 g/mol. The summed E-state index contributed by atoms with van der Waals surface area (Å²) in [7, 11) is -2.86. The summed E-state index contributed by atoms with van der Waals surface area (Å²) in [6.07, 6.45) is 0. The van der Waals surface area contributed by atoms with Gasteiger partial charge in [0.1, 0.15) is 5.75 Å². The molecule has 12 nitrogen and oxygen atoms in total. The third kappa shape index (κ3) is 5.00. The van der Waals surface area contributed by atoms with Crippen LogP contribution in [0.2, 0.25) is 0 Å². The standard InChI is InChI=1S/C22H17N5O7S/c1-33-18-8-4-2-6-16(18)22-25-24-21(34-22)15-12-10-14(11-13-15)20(28)23-26-35(31,32)19-9-5-3-7-17(19)27(29)30/h2-13,26H,1H3,(H,23,28). The van der Waals surface area contributed by atoms with Gasteiger partial charge in [-0.1, -0.05) is 24.3 Å². The first kappa shape index (κ1) is 23.5. The van der Waals surface area contributed by atoms with Gasteiger partial charge in [0.2, 0.25) is 5.89 Å². The van der Waals surface area contributed by atoms with Crippen LogP contribution in [0.1, 0.15) is 10.4 Å². The number of carbonyl (C=O) groups is 1. The van der Waals surface area contributed by atoms with E-state index in [1.54, 1.807) is 30.3 Å². The van der Waals surface area contributed by atoms with Crippen LogP contribution < -0.4 is 15.0 Å². The molecule has 0 saturated carbocycles. The van der Waals surface area contributed by atoms with Gasteiger partial charge in [-0.05, 0) is 42.5 Å². The van der Waals surface area contributed by atoms with Crippen molar-refractivity contribution in [2.45, 2.75) is 4.90 Å². The summed E-state index contributed by atoms with van der Waals surface area (Å²) in [6, 6.07) is 17.9. The van der Waals surface area contributed by atoms with Gasteiger partial charge in [-0.2, -0.15) is 0 Å². The lowest BCUT2D eigenvalue weighted by Gasteiger charge is -2.09. The van der Waals surface area contributed by atoms with Gasteiger partial charge in [-0.25, -0.2) is 8.42 Å². The largest absolute Gasteiger partial charge is 0.496 e. The van der Waals surface area contributed by atoms with E-state index in [2.05, 4.69) is 10.2 Å². The van der Waals surface area contributed by atoms with Gasteiger partial charge in [0.25, 0.3) is 27.5 Å². The molecule has 0 atom stereocenters. The first-order valence-corrected chi connectivity index (χ1v) is 11.4. The van der Waals surface area contributed by atoms with Gasteiger partial charge < -0.3 is 9.15 Å². The van der Waals surface area contributed by atoms with Crippen molar-refractivity contribution in [3.05, 3.63) is 88.5 Å². The number of ether oxygens (including phenoxy) is 1. The lowest BCUT2D eigenvalue weighted by Crippen LogP contribution is -2.41. The molecule has 0 spiro atoms. The van der Waals surface area contributed by atoms with E-state index < -0.39 is 31.4 Å². The van der Waals surface area contributed by atoms with Gasteiger partial charge in [-0.3, -0.25) is 20.3 Å². The minimum atomic E-state index is -4.39. The summed E-state index contributed by atoms with van der Waals surface area (Å²) in [6.45, 7) is 0. The molecule has 3 aromatic carbocycles. The van der Waals surface area contributed by atoms with Crippen LogP contribution in [0, 0.1) is 10.1 Å². The number of hydrogen-bond acceptors (Lipinski definition) is 9. The molecule has 0 fully saturated rings. The predicted molar refractivity (Wildman–Crippen MR) is 123 cm³/mol. The zero-order chi connectivity index (χ0) is 25.0. The second-order valence-electron chi connectivity index (χ2n) is 6.97. The third-order valence-corrected chi connectivity index (χ3v) is 6.10. The molecule has 0 unspecified atom stereocenters. The molecule has 13 heteroatoms. The highest BCUT2D eigenvalue weighted by Crippen LogP contribution is 2.30. The summed E-state index contributed by atoms with van der Waals surface area (Å²) in [5.41, 5.74) is 2.68. The van der Waals surface area contributed by atoms with Crippen molar-refractivity contribution < 1.29 is 27.3 Å². The van der Waals surface area contributed by atoms with Crippen LogP contribution in [-0.4, -0.2) is 36.6 Å². The lowest BCUT2D eigenvalue weighted by atomic mass is 10.1. The average Bonchev–Trinajstić information content (AvgIpc) is 3.37. The van der Waals surface area contributed by atoms with Crippen LogP contribution in [0.25, 0.3) is 22.9 Å². The molecule has 4 rings (SSSR count). The van der Waals surface area contributed by atoms with Gasteiger partial charge in [0.05, 0.1) is 17.6 Å². The van der Waals surface area contributed by atoms with E-state index in [0.717, 1.165) is 12.1 Å². The molecule has 35 heavy (non-hydrogen) atoms. The van der Waals surface area contributed by atoms with Crippen molar-refractivity contribution in [2.75, 3.05) is 7.11 Å². The minimum absolute atomic E-state index is 0.114. The van der Waals surface area contributed by atoms with Gasteiger partial charge in [0.15, 0.2) is 4.90 Å². The Kier molecular flexibility index (Phi) is 6.53. The summed E-state index contributed by atoms with van der Waals surface area (Å²) in [4.78, 5) is 24.0. The number of hydrazine groups is 1. The molecule has 0 aliphatic carbocycles. The lowest BCUT2D eigenvalue weighted by molar-refractivity contribution is -0.387. The number of aromatic nitrogens is 2. The zero-order valence-electron chi connectivity index (χ0n) is 18.0. The average molecular weight is 495 g/mol. The quantitative estimate of drug-likeness (QED) is 0.276. The molecule has 0 saturated heterocycles. The highest BCUT2D eigenvalue weighted by atomic mass is 32.2. The molecule has 1 aromatic heterocycles. The highest BCUT2D eigenvalue weighted by molar-refractivity contribution is 7.89. The number of para-hydroxylation sites is 2. The fourth-order valence-electron chi connectivity index (χ4n) is 3.11. The van der Waals surface area contributed by atoms with Crippen molar-refractivity contribution in [1.82, 2.24) is 20.5 Å². The molecular formula is C22H17N5O7S. The normalized spacial score (nSPS) is 11.1. The van der Waals surface area contributed by atoms with E-state index in [0.29, 0.717) is 16.9 Å². The van der Waals surface area contributed by atoms with Crippen molar-refractivity contribution >= 4 is 21.6 Å². The first-order chi connectivity index (χ1) is 16.8. The van der Waals surface area contributed by atoms with Crippen molar-refractivity contribution in [2.24, 2.45) is 0 Å². The number of nitro benzene ring substituents is 1. The molecule has 0 aliphatic rings. The third-order valence-electron chi connectivity index (χ3n) is 4.81. The maximum absolute atomic E-state index is 12.4. The number of amides is 1. The smallest absolute Gasteiger partial charge is 0.289 e. The van der Waals surface area contributed by atoms with Crippen molar-refractivity contribution in [3.8, 4) is 28.7 Å². The maximum Gasteiger partial charge on any atom is 0.289 e. The molecule has 178 valence electrons. The fourth-order valence-corrected chi connectivity index (χ4v) is 4.12. The van der Waals surface area contributed by atoms with Crippen LogP contribution >= 0.6 is 0 Å². The van der Waals surface area contributed by atoms with Crippen LogP contribution in [0.15, 0.2) is 82.1 Å². The van der Waals surface area contributed by atoms with Crippen LogP contribution in [0.5, 0.6) is 5.75 Å². The minimum Gasteiger partial charge on any atom is -0.496 e. The Morgan fingerprint density at radius 3 is 2.34 bits per heavy atom. The Bertz CT molecular complexity index is 1500. The number of benzene rings is 3. The van der Waals surface area contributed by atoms with Gasteiger partial charge in [-0.15, -0.1) is 15.0 Å². The maximum atomic E-state index is 12.4. The number of sulfonamides is 1. The second-order valence-corrected chi connectivity index (χ2v) is 8.63. The molecule has 4 aromatic rings. The van der Waals surface area contributed by atoms with Crippen molar-refractivity contribution in [1.29, 1.82) is 0 Å². The van der Waals surface area contributed by atoms with E-state index in [1.807, 2.05) is 16.3 Å². The number of nitrogens with one attached hydrogen (secondary N) is 2. The summed E-state index contributed by atoms with van der Waals surface area (Å²) in [5, 5.41) is 19.1. The highest BCUT2D eigenvalue weighted by Gasteiger charge is 2.25. The fraction of sp³-hybridized carbons (Fsp3) is 0.0455. The van der Waals surface area contributed by atoms with E-state index in [1.165, 1.54) is 31.4 Å². The van der Waals surface area contributed by atoms with Crippen molar-refractivity contribution in [3.63, 3.8) is 0 Å². The Morgan fingerprint density at radius 2 is 1.63 bits per heavy atom. The number of rotatable bonds is 8. The summed E-state index contributed by atoms with van der Waals surface area (Å²) < 4.78 is 35.9. The van der Waals surface area contributed by atoms with E-state index in [-0.39, 0.29) is 17.3 Å². The first-order valence-electron chi connectivity index (χ1n) is 9.93. The number of nitrogens with zero attached hydrogens (tertiary/aromatic N) is 3. The zero-order valence-corrected chi connectivity index (χ0v) is 18.9.